The molecule has 10 heteroatoms. The summed E-state index contributed by atoms with van der Waals surface area (Å²) in [6.45, 7) is 2.18. The number of rotatable bonds is 6. The van der Waals surface area contributed by atoms with Gasteiger partial charge in [0.25, 0.3) is 5.69 Å². The zero-order valence-electron chi connectivity index (χ0n) is 16.3. The van der Waals surface area contributed by atoms with E-state index in [1.807, 2.05) is 37.3 Å². The van der Waals surface area contributed by atoms with Gasteiger partial charge in [-0.1, -0.05) is 41.9 Å². The number of nitro groups is 1. The monoisotopic (exact) mass is 451 g/mol. The minimum absolute atomic E-state index is 0.0721. The molecule has 0 bridgehead atoms. The van der Waals surface area contributed by atoms with E-state index in [4.69, 9.17) is 11.6 Å². The van der Waals surface area contributed by atoms with Crippen molar-refractivity contribution >= 4 is 33.2 Å². The Labute approximate surface area is 180 Å². The Kier molecular flexibility index (Phi) is 6.74. The van der Waals surface area contributed by atoms with Crippen molar-refractivity contribution in [3.8, 4) is 0 Å². The second-order valence-electron chi connectivity index (χ2n) is 7.19. The maximum absolute atomic E-state index is 12.9. The molecule has 1 fully saturated rings. The predicted molar refractivity (Wildman–Crippen MR) is 113 cm³/mol. The van der Waals surface area contributed by atoms with Gasteiger partial charge in [0.15, 0.2) is 0 Å². The number of nitro benzene ring substituents is 1. The molecule has 1 saturated heterocycles. The zero-order chi connectivity index (χ0) is 21.9. The molecule has 0 radical (unpaired) electrons. The average molecular weight is 452 g/mol. The number of amides is 1. The summed E-state index contributed by atoms with van der Waals surface area (Å²) >= 11 is 6.01. The third kappa shape index (κ3) is 4.80. The number of hydrogen-bond acceptors (Lipinski definition) is 5. The first kappa shape index (κ1) is 22.2. The van der Waals surface area contributed by atoms with E-state index in [1.165, 1.54) is 10.4 Å². The second-order valence-corrected chi connectivity index (χ2v) is 9.50. The summed E-state index contributed by atoms with van der Waals surface area (Å²) in [5.74, 6) is -0.417. The van der Waals surface area contributed by atoms with Crippen molar-refractivity contribution in [3.63, 3.8) is 0 Å². The van der Waals surface area contributed by atoms with Crippen LogP contribution in [0.5, 0.6) is 0 Å². The number of halogens is 1. The van der Waals surface area contributed by atoms with Crippen LogP contribution in [0.2, 0.25) is 5.02 Å². The molecule has 8 nitrogen and oxygen atoms in total. The van der Waals surface area contributed by atoms with Crippen LogP contribution in [0.25, 0.3) is 0 Å². The fourth-order valence-electron chi connectivity index (χ4n) is 3.46. The first-order valence-electron chi connectivity index (χ1n) is 9.49. The highest BCUT2D eigenvalue weighted by atomic mass is 35.5. The molecule has 1 aliphatic heterocycles. The van der Waals surface area contributed by atoms with Crippen molar-refractivity contribution in [1.82, 2.24) is 9.62 Å². The molecule has 160 valence electrons. The molecule has 0 unspecified atom stereocenters. The molecule has 1 aliphatic rings. The standard InChI is InChI=1S/C20H22ClN3O5S/c1-14(15-5-3-2-4-6-15)22-20(25)16-9-11-23(12-10-16)30(28,29)19-13-17(24(26)27)7-8-18(19)21/h2-8,13-14,16H,9-12H2,1H3,(H,22,25)/t14-/m0/s1. The smallest absolute Gasteiger partial charge is 0.270 e. The van der Waals surface area contributed by atoms with Crippen molar-refractivity contribution in [2.45, 2.75) is 30.7 Å². The van der Waals surface area contributed by atoms with Crippen LogP contribution in [0.3, 0.4) is 0 Å². The number of benzene rings is 2. The van der Waals surface area contributed by atoms with Gasteiger partial charge in [0, 0.05) is 31.1 Å². The van der Waals surface area contributed by atoms with Gasteiger partial charge in [0.1, 0.15) is 4.90 Å². The van der Waals surface area contributed by atoms with E-state index in [-0.39, 0.29) is 46.6 Å². The maximum atomic E-state index is 12.9. The van der Waals surface area contributed by atoms with Gasteiger partial charge in [-0.2, -0.15) is 4.31 Å². The normalized spacial score (nSPS) is 16.7. The Balaban J connectivity index is 1.65. The third-order valence-electron chi connectivity index (χ3n) is 5.23. The molecule has 3 rings (SSSR count). The summed E-state index contributed by atoms with van der Waals surface area (Å²) in [6, 6.07) is 12.8. The van der Waals surface area contributed by atoms with E-state index in [0.29, 0.717) is 12.8 Å². The molecule has 1 heterocycles. The topological polar surface area (TPSA) is 110 Å². The van der Waals surface area contributed by atoms with Crippen molar-refractivity contribution in [3.05, 3.63) is 69.2 Å². The van der Waals surface area contributed by atoms with Crippen LogP contribution in [-0.4, -0.2) is 36.6 Å². The van der Waals surface area contributed by atoms with Crippen LogP contribution >= 0.6 is 11.6 Å². The summed E-state index contributed by atoms with van der Waals surface area (Å²) in [5, 5.41) is 13.9. The van der Waals surface area contributed by atoms with Gasteiger partial charge in [0.2, 0.25) is 15.9 Å². The molecule has 0 aromatic heterocycles. The van der Waals surface area contributed by atoms with Crippen molar-refractivity contribution < 1.29 is 18.1 Å². The summed E-state index contributed by atoms with van der Waals surface area (Å²) < 4.78 is 27.1. The Hall–Kier alpha value is -2.49. The van der Waals surface area contributed by atoms with Gasteiger partial charge in [0.05, 0.1) is 16.0 Å². The van der Waals surface area contributed by atoms with Gasteiger partial charge in [-0.3, -0.25) is 14.9 Å². The molecule has 0 saturated carbocycles. The lowest BCUT2D eigenvalue weighted by atomic mass is 9.96. The third-order valence-corrected chi connectivity index (χ3v) is 7.61. The van der Waals surface area contributed by atoms with E-state index >= 15 is 0 Å². The van der Waals surface area contributed by atoms with Crippen LogP contribution in [-0.2, 0) is 14.8 Å². The maximum Gasteiger partial charge on any atom is 0.270 e. The van der Waals surface area contributed by atoms with Gasteiger partial charge < -0.3 is 5.32 Å². The fourth-order valence-corrected chi connectivity index (χ4v) is 5.42. The molecule has 0 aliphatic carbocycles. The number of sulfonamides is 1. The first-order valence-corrected chi connectivity index (χ1v) is 11.3. The number of non-ortho nitro benzene ring substituents is 1. The van der Waals surface area contributed by atoms with Gasteiger partial charge in [-0.25, -0.2) is 8.42 Å². The summed E-state index contributed by atoms with van der Waals surface area (Å²) in [4.78, 5) is 22.6. The average Bonchev–Trinajstić information content (AvgIpc) is 2.74. The number of carbonyl (C=O) groups is 1. The van der Waals surface area contributed by atoms with Crippen LogP contribution in [0.4, 0.5) is 5.69 Å². The molecule has 2 aromatic carbocycles. The van der Waals surface area contributed by atoms with Gasteiger partial charge in [-0.05, 0) is 31.4 Å². The van der Waals surface area contributed by atoms with E-state index < -0.39 is 14.9 Å². The van der Waals surface area contributed by atoms with Crippen molar-refractivity contribution in [1.29, 1.82) is 0 Å². The highest BCUT2D eigenvalue weighted by Crippen LogP contribution is 2.31. The summed E-state index contributed by atoms with van der Waals surface area (Å²) in [6.07, 6.45) is 0.720. The Morgan fingerprint density at radius 1 is 1.20 bits per heavy atom. The molecule has 1 atom stereocenters. The van der Waals surface area contributed by atoms with Crippen LogP contribution < -0.4 is 5.32 Å². The molecular formula is C20H22ClN3O5S. The predicted octanol–water partition coefficient (Wildman–Crippen LogP) is 3.53. The first-order chi connectivity index (χ1) is 14.2. The van der Waals surface area contributed by atoms with Crippen LogP contribution in [0.15, 0.2) is 53.4 Å². The van der Waals surface area contributed by atoms with E-state index in [0.717, 1.165) is 17.7 Å². The lowest BCUT2D eigenvalue weighted by Gasteiger charge is -2.31. The minimum Gasteiger partial charge on any atom is -0.349 e. The number of piperidine rings is 1. The molecule has 30 heavy (non-hydrogen) atoms. The van der Waals surface area contributed by atoms with E-state index in [2.05, 4.69) is 5.32 Å². The number of hydrogen-bond donors (Lipinski definition) is 1. The molecule has 1 amide bonds. The molecular weight excluding hydrogens is 430 g/mol. The minimum atomic E-state index is -4.00. The SMILES string of the molecule is C[C@H](NC(=O)C1CCN(S(=O)(=O)c2cc([N+](=O)[O-])ccc2Cl)CC1)c1ccccc1. The quantitative estimate of drug-likeness (QED) is 0.533. The van der Waals surface area contributed by atoms with Crippen LogP contribution in [0.1, 0.15) is 31.4 Å². The summed E-state index contributed by atoms with van der Waals surface area (Å²) in [7, 11) is -4.00. The highest BCUT2D eigenvalue weighted by Gasteiger charge is 2.34. The number of carbonyl (C=O) groups excluding carboxylic acids is 1. The van der Waals surface area contributed by atoms with E-state index in [9.17, 15) is 23.3 Å². The van der Waals surface area contributed by atoms with Crippen LogP contribution in [0, 0.1) is 16.0 Å². The lowest BCUT2D eigenvalue weighted by molar-refractivity contribution is -0.385. The zero-order valence-corrected chi connectivity index (χ0v) is 17.9. The van der Waals surface area contributed by atoms with Gasteiger partial charge >= 0.3 is 0 Å². The fraction of sp³-hybridized carbons (Fsp3) is 0.350. The molecule has 2 aromatic rings. The largest absolute Gasteiger partial charge is 0.349 e. The van der Waals surface area contributed by atoms with Crippen molar-refractivity contribution in [2.75, 3.05) is 13.1 Å². The number of nitrogens with one attached hydrogen (secondary N) is 1. The Bertz CT molecular complexity index is 1040. The second kappa shape index (κ2) is 9.11. The van der Waals surface area contributed by atoms with Gasteiger partial charge in [-0.15, -0.1) is 0 Å². The van der Waals surface area contributed by atoms with E-state index in [1.54, 1.807) is 0 Å². The molecule has 1 N–H and O–H groups in total. The number of nitrogens with zero attached hydrogens (tertiary/aromatic N) is 2. The lowest BCUT2D eigenvalue weighted by Crippen LogP contribution is -2.43. The summed E-state index contributed by atoms with van der Waals surface area (Å²) in [5.41, 5.74) is 0.647. The Morgan fingerprint density at radius 3 is 2.43 bits per heavy atom. The molecule has 0 spiro atoms. The van der Waals surface area contributed by atoms with Crippen molar-refractivity contribution in [2.24, 2.45) is 5.92 Å². The highest BCUT2D eigenvalue weighted by molar-refractivity contribution is 7.89. The Morgan fingerprint density at radius 2 is 1.83 bits per heavy atom.